The maximum absolute atomic E-state index is 12.2. The van der Waals surface area contributed by atoms with E-state index in [9.17, 15) is 4.79 Å². The van der Waals surface area contributed by atoms with Gasteiger partial charge in [-0.1, -0.05) is 0 Å². The van der Waals surface area contributed by atoms with Gasteiger partial charge in [-0.3, -0.25) is 4.79 Å². The van der Waals surface area contributed by atoms with Gasteiger partial charge in [-0.2, -0.15) is 0 Å². The largest absolute Gasteiger partial charge is 0.497 e. The van der Waals surface area contributed by atoms with Crippen molar-refractivity contribution in [2.24, 2.45) is 0 Å². The lowest BCUT2D eigenvalue weighted by molar-refractivity contribution is 0.415. The number of fused-ring (bicyclic) bond motifs is 2. The molecule has 0 aliphatic heterocycles. The number of rotatable bonds is 1. The molecule has 1 aromatic carbocycles. The van der Waals surface area contributed by atoms with Crippen molar-refractivity contribution in [3.63, 3.8) is 0 Å². The van der Waals surface area contributed by atoms with Crippen molar-refractivity contribution in [1.29, 1.82) is 0 Å². The van der Waals surface area contributed by atoms with Crippen LogP contribution in [0.1, 0.15) is 0 Å². The lowest BCUT2D eigenvalue weighted by Gasteiger charge is -2.02. The molecule has 0 bridgehead atoms. The summed E-state index contributed by atoms with van der Waals surface area (Å²) >= 11 is 0. The van der Waals surface area contributed by atoms with E-state index in [4.69, 9.17) is 9.15 Å². The van der Waals surface area contributed by atoms with Crippen molar-refractivity contribution in [2.75, 3.05) is 7.11 Å². The molecule has 0 unspecified atom stereocenters. The molecule has 2 aromatic heterocycles. The molecule has 2 heterocycles. The molecule has 84 valence electrons. The fourth-order valence-electron chi connectivity index (χ4n) is 1.80. The Hall–Kier alpha value is -2.36. The van der Waals surface area contributed by atoms with Gasteiger partial charge in [-0.25, -0.2) is 4.98 Å². The molecule has 17 heavy (non-hydrogen) atoms. The van der Waals surface area contributed by atoms with Crippen molar-refractivity contribution in [2.45, 2.75) is 0 Å². The second-order valence-corrected chi connectivity index (χ2v) is 3.65. The summed E-state index contributed by atoms with van der Waals surface area (Å²) < 4.78 is 10.7. The normalized spacial score (nSPS) is 10.9. The van der Waals surface area contributed by atoms with Crippen LogP contribution < -0.4 is 10.2 Å². The molecule has 0 aliphatic rings. The van der Waals surface area contributed by atoms with E-state index in [-0.39, 0.29) is 5.43 Å². The Bertz CT molecular complexity index is 761. The van der Waals surface area contributed by atoms with Gasteiger partial charge in [0.2, 0.25) is 11.1 Å². The van der Waals surface area contributed by atoms with Crippen LogP contribution in [-0.4, -0.2) is 12.1 Å². The second-order valence-electron chi connectivity index (χ2n) is 3.65. The van der Waals surface area contributed by atoms with Crippen LogP contribution in [0.25, 0.3) is 22.1 Å². The molecule has 4 nitrogen and oxygen atoms in total. The third-order valence-corrected chi connectivity index (χ3v) is 2.65. The molecular weight excluding hydrogens is 218 g/mol. The SMILES string of the molecule is COc1ccc2oc3ncccc3c(=O)c2c1. The molecule has 0 N–H and O–H groups in total. The van der Waals surface area contributed by atoms with Gasteiger partial charge in [0, 0.05) is 6.20 Å². The quantitative estimate of drug-likeness (QED) is 0.599. The fraction of sp³-hybridized carbons (Fsp3) is 0.0769. The fourth-order valence-corrected chi connectivity index (χ4v) is 1.80. The lowest BCUT2D eigenvalue weighted by atomic mass is 10.2. The summed E-state index contributed by atoms with van der Waals surface area (Å²) in [5, 5.41) is 0.984. The summed E-state index contributed by atoms with van der Waals surface area (Å²) in [7, 11) is 1.56. The highest BCUT2D eigenvalue weighted by atomic mass is 16.5. The van der Waals surface area contributed by atoms with Crippen LogP contribution in [0, 0.1) is 0 Å². The highest BCUT2D eigenvalue weighted by Gasteiger charge is 2.08. The summed E-state index contributed by atoms with van der Waals surface area (Å²) in [6.45, 7) is 0. The Morgan fingerprint density at radius 1 is 1.24 bits per heavy atom. The summed E-state index contributed by atoms with van der Waals surface area (Å²) in [5.74, 6) is 0.632. The number of benzene rings is 1. The number of hydrogen-bond donors (Lipinski definition) is 0. The number of aromatic nitrogens is 1. The number of pyridine rings is 1. The van der Waals surface area contributed by atoms with Gasteiger partial charge in [0.1, 0.15) is 11.3 Å². The highest BCUT2D eigenvalue weighted by molar-refractivity contribution is 5.88. The van der Waals surface area contributed by atoms with E-state index in [1.807, 2.05) is 0 Å². The topological polar surface area (TPSA) is 52.3 Å². The average Bonchev–Trinajstić information content (AvgIpc) is 2.39. The molecule has 0 radical (unpaired) electrons. The minimum absolute atomic E-state index is 0.0896. The van der Waals surface area contributed by atoms with Crippen LogP contribution in [0.2, 0.25) is 0 Å². The second kappa shape index (κ2) is 3.59. The molecule has 0 saturated carbocycles. The van der Waals surface area contributed by atoms with Gasteiger partial charge in [0.25, 0.3) is 0 Å². The summed E-state index contributed by atoms with van der Waals surface area (Å²) in [6.07, 6.45) is 1.60. The monoisotopic (exact) mass is 227 g/mol. The molecule has 0 aliphatic carbocycles. The third kappa shape index (κ3) is 1.45. The van der Waals surface area contributed by atoms with Crippen LogP contribution in [0.15, 0.2) is 45.7 Å². The van der Waals surface area contributed by atoms with Crippen molar-refractivity contribution in [3.8, 4) is 5.75 Å². The smallest absolute Gasteiger partial charge is 0.230 e. The summed E-state index contributed by atoms with van der Waals surface area (Å²) in [5.41, 5.74) is 0.783. The third-order valence-electron chi connectivity index (χ3n) is 2.65. The van der Waals surface area contributed by atoms with Crippen molar-refractivity contribution < 1.29 is 9.15 Å². The zero-order chi connectivity index (χ0) is 11.8. The zero-order valence-corrected chi connectivity index (χ0v) is 9.14. The lowest BCUT2D eigenvalue weighted by Crippen LogP contribution is -2.02. The van der Waals surface area contributed by atoms with E-state index in [1.54, 1.807) is 43.6 Å². The van der Waals surface area contributed by atoms with Gasteiger partial charge in [0.05, 0.1) is 17.9 Å². The van der Waals surface area contributed by atoms with Crippen LogP contribution >= 0.6 is 0 Å². The van der Waals surface area contributed by atoms with Gasteiger partial charge in [-0.15, -0.1) is 0 Å². The Labute approximate surface area is 96.5 Å². The van der Waals surface area contributed by atoms with Crippen LogP contribution in [0.3, 0.4) is 0 Å². The molecule has 0 fully saturated rings. The summed E-state index contributed by atoms with van der Waals surface area (Å²) in [4.78, 5) is 16.2. The minimum atomic E-state index is -0.0896. The maximum Gasteiger partial charge on any atom is 0.230 e. The number of methoxy groups -OCH3 is 1. The predicted octanol–water partition coefficient (Wildman–Crippen LogP) is 2.35. The zero-order valence-electron chi connectivity index (χ0n) is 9.14. The van der Waals surface area contributed by atoms with E-state index < -0.39 is 0 Å². The molecule has 0 atom stereocenters. The Morgan fingerprint density at radius 2 is 2.12 bits per heavy atom. The first-order valence-corrected chi connectivity index (χ1v) is 5.15. The number of ether oxygens (including phenoxy) is 1. The Balaban J connectivity index is 2.51. The minimum Gasteiger partial charge on any atom is -0.497 e. The Morgan fingerprint density at radius 3 is 2.94 bits per heavy atom. The summed E-state index contributed by atoms with van der Waals surface area (Å²) in [6, 6.07) is 8.55. The van der Waals surface area contributed by atoms with Crippen molar-refractivity contribution >= 4 is 22.1 Å². The van der Waals surface area contributed by atoms with E-state index in [1.165, 1.54) is 0 Å². The first-order valence-electron chi connectivity index (χ1n) is 5.15. The number of nitrogens with zero attached hydrogens (tertiary/aromatic N) is 1. The molecule has 0 spiro atoms. The van der Waals surface area contributed by atoms with Gasteiger partial charge in [0.15, 0.2) is 0 Å². The first-order chi connectivity index (χ1) is 8.29. The van der Waals surface area contributed by atoms with E-state index in [0.717, 1.165) is 0 Å². The van der Waals surface area contributed by atoms with Crippen molar-refractivity contribution in [3.05, 3.63) is 46.8 Å². The maximum atomic E-state index is 12.2. The van der Waals surface area contributed by atoms with Gasteiger partial charge in [-0.05, 0) is 30.3 Å². The van der Waals surface area contributed by atoms with E-state index >= 15 is 0 Å². The van der Waals surface area contributed by atoms with Crippen LogP contribution in [0.4, 0.5) is 0 Å². The van der Waals surface area contributed by atoms with Gasteiger partial charge >= 0.3 is 0 Å². The van der Waals surface area contributed by atoms with Crippen molar-refractivity contribution in [1.82, 2.24) is 4.98 Å². The molecule has 3 aromatic rings. The average molecular weight is 227 g/mol. The predicted molar refractivity (Wildman–Crippen MR) is 64.3 cm³/mol. The molecule has 4 heteroatoms. The van der Waals surface area contributed by atoms with E-state index in [2.05, 4.69) is 4.98 Å². The molecular formula is C13H9NO3. The molecule has 3 rings (SSSR count). The number of hydrogen-bond acceptors (Lipinski definition) is 4. The van der Waals surface area contributed by atoms with E-state index in [0.29, 0.717) is 27.8 Å². The Kier molecular flexibility index (Phi) is 2.08. The first kappa shape index (κ1) is 9.84. The van der Waals surface area contributed by atoms with Crippen LogP contribution in [-0.2, 0) is 0 Å². The highest BCUT2D eigenvalue weighted by Crippen LogP contribution is 2.21. The molecule has 0 amide bonds. The van der Waals surface area contributed by atoms with Crippen LogP contribution in [0.5, 0.6) is 5.75 Å². The molecule has 0 saturated heterocycles. The van der Waals surface area contributed by atoms with Gasteiger partial charge < -0.3 is 9.15 Å². The standard InChI is InChI=1S/C13H9NO3/c1-16-8-4-5-11-10(7-8)12(15)9-3-2-6-14-13(9)17-11/h2-7H,1H3.